The molecule has 27 heavy (non-hydrogen) atoms. The van der Waals surface area contributed by atoms with Crippen molar-refractivity contribution in [3.63, 3.8) is 0 Å². The third-order valence-electron chi connectivity index (χ3n) is 4.32. The Morgan fingerprint density at radius 3 is 2.63 bits per heavy atom. The highest BCUT2D eigenvalue weighted by atomic mass is 16.3. The van der Waals surface area contributed by atoms with Crippen molar-refractivity contribution >= 4 is 34.2 Å². The number of phenols is 1. The Labute approximate surface area is 152 Å². The summed E-state index contributed by atoms with van der Waals surface area (Å²) in [6.07, 6.45) is 0.621. The molecular formula is C18H18N4O5. The van der Waals surface area contributed by atoms with Crippen molar-refractivity contribution in [1.29, 1.82) is 0 Å². The van der Waals surface area contributed by atoms with Crippen LogP contribution in [0.4, 0.5) is 0 Å². The first-order valence-corrected chi connectivity index (χ1v) is 8.20. The van der Waals surface area contributed by atoms with Crippen LogP contribution in [-0.4, -0.2) is 46.2 Å². The third-order valence-corrected chi connectivity index (χ3v) is 4.32. The van der Waals surface area contributed by atoms with Crippen LogP contribution in [-0.2, 0) is 0 Å². The topological polar surface area (TPSA) is 144 Å². The molecule has 0 aliphatic carbocycles. The summed E-state index contributed by atoms with van der Waals surface area (Å²) in [5.74, 6) is -0.840. The number of fused-ring (bicyclic) bond motifs is 2. The highest BCUT2D eigenvalue weighted by Gasteiger charge is 2.18. The van der Waals surface area contributed by atoms with Crippen LogP contribution in [0.1, 0.15) is 15.9 Å². The van der Waals surface area contributed by atoms with Crippen LogP contribution in [0.15, 0.2) is 21.7 Å². The fourth-order valence-corrected chi connectivity index (χ4v) is 2.84. The lowest BCUT2D eigenvalue weighted by Gasteiger charge is -2.10. The van der Waals surface area contributed by atoms with Gasteiger partial charge in [-0.05, 0) is 26.1 Å². The van der Waals surface area contributed by atoms with E-state index < -0.39 is 22.5 Å². The largest absolute Gasteiger partial charge is 0.515 e. The fraction of sp³-hybridized carbons (Fsp3) is 0.222. The summed E-state index contributed by atoms with van der Waals surface area (Å²) in [5, 5.41) is 25.1. The first-order chi connectivity index (χ1) is 12.9. The normalized spacial score (nSPS) is 12.0. The molecule has 0 aliphatic heterocycles. The van der Waals surface area contributed by atoms with E-state index in [1.807, 2.05) is 0 Å². The number of H-pyrrole nitrogens is 1. The number of hydrogen-bond acceptors (Lipinski definition) is 7. The first-order valence-electron chi connectivity index (χ1n) is 8.20. The highest BCUT2D eigenvalue weighted by Crippen LogP contribution is 2.17. The smallest absolute Gasteiger partial charge is 0.253 e. The van der Waals surface area contributed by atoms with Crippen LogP contribution < -0.4 is 26.7 Å². The van der Waals surface area contributed by atoms with Crippen molar-refractivity contribution in [3.8, 4) is 5.75 Å². The predicted octanol–water partition coefficient (Wildman–Crippen LogP) is -0.585. The Kier molecular flexibility index (Phi) is 4.78. The number of carbonyl (C=O) groups excluding carboxylic acids is 1. The van der Waals surface area contributed by atoms with Gasteiger partial charge in [0.1, 0.15) is 22.3 Å². The number of nitrogens with zero attached hydrogens (tertiary/aromatic N) is 1. The van der Waals surface area contributed by atoms with Crippen LogP contribution in [0.25, 0.3) is 28.3 Å². The number of nitrogens with one attached hydrogen (secondary N) is 3. The number of amides is 1. The molecule has 3 aromatic rings. The van der Waals surface area contributed by atoms with E-state index in [0.717, 1.165) is 0 Å². The van der Waals surface area contributed by atoms with E-state index in [4.69, 9.17) is 0 Å². The van der Waals surface area contributed by atoms with Gasteiger partial charge < -0.3 is 25.8 Å². The molecule has 0 atom stereocenters. The van der Waals surface area contributed by atoms with Gasteiger partial charge >= 0.3 is 0 Å². The number of rotatable bonds is 4. The molecule has 140 valence electrons. The van der Waals surface area contributed by atoms with Crippen molar-refractivity contribution in [3.05, 3.63) is 48.9 Å². The zero-order valence-electron chi connectivity index (χ0n) is 14.7. The van der Waals surface area contributed by atoms with Gasteiger partial charge in [0.2, 0.25) is 10.9 Å². The second kappa shape index (κ2) is 7.04. The Hall–Kier alpha value is -3.46. The van der Waals surface area contributed by atoms with Crippen LogP contribution in [0.3, 0.4) is 0 Å². The molecule has 0 aliphatic rings. The van der Waals surface area contributed by atoms with E-state index >= 15 is 0 Å². The number of likely N-dealkylation sites (N-methyl/N-ethyl adjacent to an activating group) is 1. The summed E-state index contributed by atoms with van der Waals surface area (Å²) in [6, 6.07) is 2.57. The van der Waals surface area contributed by atoms with Crippen molar-refractivity contribution in [2.75, 3.05) is 20.1 Å². The Morgan fingerprint density at radius 1 is 1.22 bits per heavy atom. The number of hydrogen-bond donors (Lipinski definition) is 5. The molecule has 3 rings (SSSR count). The molecule has 0 fully saturated rings. The van der Waals surface area contributed by atoms with Crippen molar-refractivity contribution in [2.24, 2.45) is 0 Å². The molecule has 0 spiro atoms. The van der Waals surface area contributed by atoms with E-state index in [0.29, 0.717) is 19.4 Å². The monoisotopic (exact) mass is 370 g/mol. The molecule has 5 N–H and O–H groups in total. The van der Waals surface area contributed by atoms with Crippen LogP contribution >= 0.6 is 0 Å². The van der Waals surface area contributed by atoms with Gasteiger partial charge in [-0.3, -0.25) is 14.4 Å². The SMILES string of the molecule is CNCCNC(=O)c1ccc(=O)c2nc3/c(=C/O)c(O)c(C)c(=O)c3[nH]c12. The second-order valence-electron chi connectivity index (χ2n) is 6.00. The lowest BCUT2D eigenvalue weighted by Crippen LogP contribution is -2.31. The van der Waals surface area contributed by atoms with Crippen LogP contribution in [0.2, 0.25) is 0 Å². The number of carbonyl (C=O) groups is 1. The zero-order chi connectivity index (χ0) is 19.7. The average molecular weight is 370 g/mol. The number of phenolic OH excluding ortho intramolecular Hbond substituents is 1. The van der Waals surface area contributed by atoms with E-state index in [1.165, 1.54) is 19.1 Å². The number of aromatic nitrogens is 2. The molecule has 0 saturated heterocycles. The number of aromatic amines is 1. The Bertz CT molecular complexity index is 1230. The predicted molar refractivity (Wildman–Crippen MR) is 101 cm³/mol. The quantitative estimate of drug-likeness (QED) is 0.305. The maximum absolute atomic E-state index is 12.5. The lowest BCUT2D eigenvalue weighted by molar-refractivity contribution is 0.0955. The van der Waals surface area contributed by atoms with Crippen molar-refractivity contribution in [2.45, 2.75) is 6.92 Å². The molecule has 0 unspecified atom stereocenters. The van der Waals surface area contributed by atoms with E-state index in [-0.39, 0.29) is 38.4 Å². The molecular weight excluding hydrogens is 352 g/mol. The number of benzene rings is 2. The molecule has 0 bridgehead atoms. The summed E-state index contributed by atoms with van der Waals surface area (Å²) in [7, 11) is 1.75. The van der Waals surface area contributed by atoms with Gasteiger partial charge in [0.25, 0.3) is 5.91 Å². The van der Waals surface area contributed by atoms with Gasteiger partial charge in [-0.15, -0.1) is 0 Å². The van der Waals surface area contributed by atoms with Gasteiger partial charge in [0.15, 0.2) is 0 Å². The van der Waals surface area contributed by atoms with Gasteiger partial charge in [0, 0.05) is 18.7 Å². The lowest BCUT2D eigenvalue weighted by atomic mass is 10.1. The van der Waals surface area contributed by atoms with Crippen molar-refractivity contribution in [1.82, 2.24) is 20.6 Å². The highest BCUT2D eigenvalue weighted by molar-refractivity contribution is 6.06. The van der Waals surface area contributed by atoms with E-state index in [9.17, 15) is 24.6 Å². The summed E-state index contributed by atoms with van der Waals surface area (Å²) in [5.41, 5.74) is -0.867. The van der Waals surface area contributed by atoms with Gasteiger partial charge in [-0.2, -0.15) is 0 Å². The molecule has 0 radical (unpaired) electrons. The van der Waals surface area contributed by atoms with E-state index in [2.05, 4.69) is 20.6 Å². The summed E-state index contributed by atoms with van der Waals surface area (Å²) < 4.78 is 0. The summed E-state index contributed by atoms with van der Waals surface area (Å²) in [4.78, 5) is 44.2. The maximum atomic E-state index is 12.5. The first kappa shape index (κ1) is 18.3. The Balaban J connectivity index is 2.38. The summed E-state index contributed by atoms with van der Waals surface area (Å²) in [6.45, 7) is 2.34. The molecule has 9 heteroatoms. The molecule has 2 aromatic carbocycles. The van der Waals surface area contributed by atoms with Gasteiger partial charge in [-0.25, -0.2) is 4.98 Å². The molecule has 1 amide bonds. The third kappa shape index (κ3) is 2.97. The summed E-state index contributed by atoms with van der Waals surface area (Å²) >= 11 is 0. The van der Waals surface area contributed by atoms with Crippen LogP contribution in [0.5, 0.6) is 5.75 Å². The van der Waals surface area contributed by atoms with E-state index in [1.54, 1.807) is 7.05 Å². The minimum Gasteiger partial charge on any atom is -0.515 e. The Morgan fingerprint density at radius 2 is 1.96 bits per heavy atom. The fourth-order valence-electron chi connectivity index (χ4n) is 2.84. The van der Waals surface area contributed by atoms with Crippen LogP contribution in [0, 0.1) is 6.92 Å². The molecule has 1 aromatic heterocycles. The minimum atomic E-state index is -0.541. The second-order valence-corrected chi connectivity index (χ2v) is 6.00. The zero-order valence-corrected chi connectivity index (χ0v) is 14.7. The minimum absolute atomic E-state index is 0.0125. The molecule has 0 saturated carbocycles. The molecule has 1 heterocycles. The number of aliphatic hydroxyl groups is 1. The number of aliphatic hydroxyl groups excluding tert-OH is 1. The van der Waals surface area contributed by atoms with Gasteiger partial charge in [0.05, 0.1) is 22.6 Å². The van der Waals surface area contributed by atoms with Gasteiger partial charge in [-0.1, -0.05) is 0 Å². The molecule has 9 nitrogen and oxygen atoms in total. The number of aromatic hydroxyl groups is 1. The standard InChI is InChI=1S/C18H18N4O5/c1-8-16(25)10(7-23)13-15(17(8)26)22-12-9(18(27)20-6-5-19-2)3-4-11(24)14(12)21-13/h3-4,7,19,22-23,25H,5-6H2,1-2H3,(H,20,27)/b10-7-. The maximum Gasteiger partial charge on any atom is 0.253 e. The average Bonchev–Trinajstić information content (AvgIpc) is 2.66. The van der Waals surface area contributed by atoms with Crippen molar-refractivity contribution < 1.29 is 15.0 Å².